The number of thioether (sulfide) groups is 1. The molecule has 4 aromatic rings. The van der Waals surface area contributed by atoms with Crippen LogP contribution < -0.4 is 10.1 Å². The quantitative estimate of drug-likeness (QED) is 0.415. The van der Waals surface area contributed by atoms with Crippen molar-refractivity contribution < 1.29 is 4.74 Å². The Labute approximate surface area is 193 Å². The van der Waals surface area contributed by atoms with Gasteiger partial charge in [-0.25, -0.2) is 4.99 Å². The number of methoxy groups -OCH3 is 1. The van der Waals surface area contributed by atoms with Crippen LogP contribution in [0.3, 0.4) is 0 Å². The van der Waals surface area contributed by atoms with Gasteiger partial charge in [-0.1, -0.05) is 42.1 Å². The molecule has 9 heteroatoms. The zero-order chi connectivity index (χ0) is 21.9. The molecule has 0 spiro atoms. The van der Waals surface area contributed by atoms with Gasteiger partial charge in [-0.2, -0.15) is 5.26 Å². The van der Waals surface area contributed by atoms with E-state index in [1.54, 1.807) is 18.4 Å². The smallest absolute Gasteiger partial charge is 0.196 e. The second kappa shape index (κ2) is 8.86. The van der Waals surface area contributed by atoms with E-state index < -0.39 is 0 Å². The second-order valence-electron chi connectivity index (χ2n) is 6.90. The molecule has 2 aromatic carbocycles. The van der Waals surface area contributed by atoms with Crippen LogP contribution in [0, 0.1) is 11.3 Å². The molecule has 5 rings (SSSR count). The van der Waals surface area contributed by atoms with Crippen molar-refractivity contribution >= 4 is 34.5 Å². The number of fused-ring (bicyclic) bond motifs is 1. The van der Waals surface area contributed by atoms with E-state index in [4.69, 9.17) is 4.74 Å². The molecule has 0 saturated carbocycles. The molecular weight excluding hydrogens is 440 g/mol. The zero-order valence-corrected chi connectivity index (χ0v) is 18.7. The monoisotopic (exact) mass is 458 g/mol. The van der Waals surface area contributed by atoms with Crippen LogP contribution in [0.1, 0.15) is 5.56 Å². The Morgan fingerprint density at radius 3 is 2.78 bits per heavy atom. The van der Waals surface area contributed by atoms with Gasteiger partial charge in [0.25, 0.3) is 0 Å². The summed E-state index contributed by atoms with van der Waals surface area (Å²) in [6.07, 6.45) is -0.252. The molecule has 1 aliphatic rings. The van der Waals surface area contributed by atoms with Crippen molar-refractivity contribution in [2.24, 2.45) is 4.99 Å². The predicted octanol–water partition coefficient (Wildman–Crippen LogP) is 4.86. The van der Waals surface area contributed by atoms with Crippen molar-refractivity contribution in [1.29, 1.82) is 5.26 Å². The molecule has 1 aliphatic heterocycles. The molecule has 32 heavy (non-hydrogen) atoms. The first-order valence-electron chi connectivity index (χ1n) is 9.88. The number of aromatic nitrogens is 3. The molecule has 1 unspecified atom stereocenters. The Morgan fingerprint density at radius 2 is 1.97 bits per heavy atom. The number of para-hydroxylation sites is 3. The van der Waals surface area contributed by atoms with Crippen LogP contribution in [0.4, 0.5) is 5.69 Å². The van der Waals surface area contributed by atoms with Gasteiger partial charge < -0.3 is 10.1 Å². The lowest BCUT2D eigenvalue weighted by Gasteiger charge is -2.23. The van der Waals surface area contributed by atoms with Gasteiger partial charge in [0, 0.05) is 17.0 Å². The van der Waals surface area contributed by atoms with Gasteiger partial charge in [0.15, 0.2) is 11.0 Å². The van der Waals surface area contributed by atoms with Gasteiger partial charge in [0.2, 0.25) is 0 Å². The Kier molecular flexibility index (Phi) is 5.62. The van der Waals surface area contributed by atoms with E-state index in [9.17, 15) is 5.26 Å². The average molecular weight is 459 g/mol. The molecular formula is C23H18N6OS2. The van der Waals surface area contributed by atoms with E-state index >= 15 is 0 Å². The second-order valence-corrected chi connectivity index (χ2v) is 8.83. The summed E-state index contributed by atoms with van der Waals surface area (Å²) in [5.74, 6) is 2.08. The summed E-state index contributed by atoms with van der Waals surface area (Å²) < 4.78 is 7.62. The van der Waals surface area contributed by atoms with Crippen molar-refractivity contribution in [3.8, 4) is 28.2 Å². The van der Waals surface area contributed by atoms with Crippen molar-refractivity contribution in [3.63, 3.8) is 0 Å². The number of aliphatic imine (C=N–C) groups is 1. The predicted molar refractivity (Wildman–Crippen MR) is 128 cm³/mol. The highest BCUT2D eigenvalue weighted by Gasteiger charge is 2.23. The van der Waals surface area contributed by atoms with Crippen molar-refractivity contribution in [2.45, 2.75) is 11.3 Å². The Bertz CT molecular complexity index is 1320. The average Bonchev–Trinajstić information content (AvgIpc) is 3.52. The SMILES string of the molecule is COc1ccccc1-n1c(SCC2N=C(C#N)c3ccccc3N2)nnc1-c1cccs1. The molecule has 1 atom stereocenters. The number of rotatable bonds is 6. The van der Waals surface area contributed by atoms with Crippen LogP contribution in [0.5, 0.6) is 5.75 Å². The third-order valence-electron chi connectivity index (χ3n) is 4.97. The van der Waals surface area contributed by atoms with Gasteiger partial charge in [-0.3, -0.25) is 4.57 Å². The maximum atomic E-state index is 9.55. The van der Waals surface area contributed by atoms with E-state index in [0.717, 1.165) is 38.5 Å². The Morgan fingerprint density at radius 1 is 1.12 bits per heavy atom. The largest absolute Gasteiger partial charge is 0.495 e. The van der Waals surface area contributed by atoms with Crippen LogP contribution in [-0.4, -0.2) is 39.5 Å². The number of nitriles is 1. The minimum absolute atomic E-state index is 0.252. The van der Waals surface area contributed by atoms with Crippen molar-refractivity contribution in [2.75, 3.05) is 18.2 Å². The van der Waals surface area contributed by atoms with Crippen LogP contribution in [0.25, 0.3) is 16.4 Å². The van der Waals surface area contributed by atoms with E-state index in [1.165, 1.54) is 11.8 Å². The summed E-state index contributed by atoms with van der Waals surface area (Å²) in [5.41, 5.74) is 3.05. The summed E-state index contributed by atoms with van der Waals surface area (Å²) in [7, 11) is 1.66. The number of nitrogens with zero attached hydrogens (tertiary/aromatic N) is 5. The normalized spacial score (nSPS) is 14.8. The third kappa shape index (κ3) is 3.75. The minimum Gasteiger partial charge on any atom is -0.495 e. The van der Waals surface area contributed by atoms with E-state index in [1.807, 2.05) is 70.6 Å². The molecule has 1 N–H and O–H groups in total. The first-order chi connectivity index (χ1) is 15.8. The number of hydrogen-bond acceptors (Lipinski definition) is 8. The summed E-state index contributed by atoms with van der Waals surface area (Å²) in [4.78, 5) is 5.61. The molecule has 158 valence electrons. The lowest BCUT2D eigenvalue weighted by atomic mass is 10.1. The van der Waals surface area contributed by atoms with Crippen LogP contribution in [0.15, 0.2) is 76.2 Å². The molecule has 7 nitrogen and oxygen atoms in total. The number of nitrogens with one attached hydrogen (secondary N) is 1. The Hall–Kier alpha value is -3.61. The number of ether oxygens (including phenoxy) is 1. The van der Waals surface area contributed by atoms with Crippen molar-refractivity contribution in [1.82, 2.24) is 14.8 Å². The molecule has 0 amide bonds. The summed E-state index contributed by atoms with van der Waals surface area (Å²) in [5, 5.41) is 24.7. The first kappa shape index (κ1) is 20.3. The lowest BCUT2D eigenvalue weighted by molar-refractivity contribution is 0.412. The van der Waals surface area contributed by atoms with Gasteiger partial charge in [-0.15, -0.1) is 21.5 Å². The summed E-state index contributed by atoms with van der Waals surface area (Å²) in [6, 6.07) is 21.8. The highest BCUT2D eigenvalue weighted by Crippen LogP contribution is 2.35. The van der Waals surface area contributed by atoms with Gasteiger partial charge in [0.1, 0.15) is 23.7 Å². The van der Waals surface area contributed by atoms with E-state index in [-0.39, 0.29) is 6.17 Å². The fourth-order valence-corrected chi connectivity index (χ4v) is 5.11. The molecule has 3 heterocycles. The topological polar surface area (TPSA) is 88.1 Å². The lowest BCUT2D eigenvalue weighted by Crippen LogP contribution is -2.27. The maximum absolute atomic E-state index is 9.55. The fraction of sp³-hybridized carbons (Fsp3) is 0.130. The number of thiophene rings is 1. The zero-order valence-electron chi connectivity index (χ0n) is 17.1. The van der Waals surface area contributed by atoms with Gasteiger partial charge >= 0.3 is 0 Å². The molecule has 0 radical (unpaired) electrons. The molecule has 2 aromatic heterocycles. The molecule has 0 fully saturated rings. The van der Waals surface area contributed by atoms with Crippen LogP contribution >= 0.6 is 23.1 Å². The minimum atomic E-state index is -0.252. The molecule has 0 saturated heterocycles. The highest BCUT2D eigenvalue weighted by molar-refractivity contribution is 7.99. The summed E-state index contributed by atoms with van der Waals surface area (Å²) in [6.45, 7) is 0. The number of anilines is 1. The maximum Gasteiger partial charge on any atom is 0.196 e. The van der Waals surface area contributed by atoms with Crippen LogP contribution in [0.2, 0.25) is 0 Å². The van der Waals surface area contributed by atoms with Gasteiger partial charge in [0.05, 0.1) is 17.7 Å². The fourth-order valence-electron chi connectivity index (χ4n) is 3.53. The van der Waals surface area contributed by atoms with Gasteiger partial charge in [-0.05, 0) is 35.7 Å². The van der Waals surface area contributed by atoms with E-state index in [0.29, 0.717) is 11.5 Å². The number of hydrogen-bond donors (Lipinski definition) is 1. The first-order valence-corrected chi connectivity index (χ1v) is 11.7. The molecule has 0 aliphatic carbocycles. The van der Waals surface area contributed by atoms with Crippen LogP contribution in [-0.2, 0) is 0 Å². The standard InChI is InChI=1S/C23H18N6OS2/c1-30-19-10-5-4-9-18(19)29-22(20-11-6-12-31-20)27-28-23(29)32-14-21-25-16-8-3-2-7-15(16)17(13-24)26-21/h2-12,21,25H,14H2,1H3. The Balaban J connectivity index is 1.48. The highest BCUT2D eigenvalue weighted by atomic mass is 32.2. The van der Waals surface area contributed by atoms with E-state index in [2.05, 4.69) is 26.6 Å². The summed E-state index contributed by atoms with van der Waals surface area (Å²) >= 11 is 3.14. The number of benzene rings is 2. The third-order valence-corrected chi connectivity index (χ3v) is 6.84. The van der Waals surface area contributed by atoms with Crippen molar-refractivity contribution in [3.05, 3.63) is 71.6 Å². The molecule has 0 bridgehead atoms.